The summed E-state index contributed by atoms with van der Waals surface area (Å²) in [6.45, 7) is 6.56. The molecule has 4 aromatic rings. The highest BCUT2D eigenvalue weighted by Gasteiger charge is 2.26. The Morgan fingerprint density at radius 3 is 1.54 bits per heavy atom. The number of para-hydroxylation sites is 2. The number of carbonyl (C=O) groups is 3. The minimum Gasteiger partial charge on any atom is -0.488 e. The average molecular weight is 725 g/mol. The number of anilines is 2. The van der Waals surface area contributed by atoms with Gasteiger partial charge >= 0.3 is 18.0 Å². The van der Waals surface area contributed by atoms with Crippen molar-refractivity contribution in [3.63, 3.8) is 0 Å². The van der Waals surface area contributed by atoms with Gasteiger partial charge in [-0.2, -0.15) is 0 Å². The molecule has 2 fully saturated rings. The van der Waals surface area contributed by atoms with Crippen molar-refractivity contribution in [2.24, 2.45) is 0 Å². The van der Waals surface area contributed by atoms with Crippen molar-refractivity contribution in [2.75, 3.05) is 70.1 Å². The summed E-state index contributed by atoms with van der Waals surface area (Å²) in [6.07, 6.45) is 0.134. The molecule has 2 heterocycles. The summed E-state index contributed by atoms with van der Waals surface area (Å²) in [5.74, 6) is 0.458. The molecule has 6 rings (SSSR count). The highest BCUT2D eigenvalue weighted by Crippen LogP contribution is 2.31. The van der Waals surface area contributed by atoms with E-state index in [0.717, 1.165) is 39.4 Å². The van der Waals surface area contributed by atoms with Crippen LogP contribution in [-0.4, -0.2) is 97.1 Å². The summed E-state index contributed by atoms with van der Waals surface area (Å²) in [7, 11) is 1.40. The van der Waals surface area contributed by atoms with Crippen LogP contribution in [0.15, 0.2) is 97.1 Å². The van der Waals surface area contributed by atoms with Gasteiger partial charge in [0.2, 0.25) is 0 Å². The minimum atomic E-state index is -0.317. The Balaban J connectivity index is 1.18. The van der Waals surface area contributed by atoms with E-state index in [1.807, 2.05) is 107 Å². The van der Waals surface area contributed by atoms with E-state index in [4.69, 9.17) is 21.1 Å². The van der Waals surface area contributed by atoms with Gasteiger partial charge in [0.25, 0.3) is 0 Å². The number of ether oxygens (including phenoxy) is 2. The number of nitrogens with zero attached hydrogens (tertiary/aromatic N) is 4. The number of nitrogens with one attached hydrogen (secondary N) is 2. The van der Waals surface area contributed by atoms with Crippen LogP contribution in [0.3, 0.4) is 0 Å². The van der Waals surface area contributed by atoms with Crippen LogP contribution in [0.5, 0.6) is 5.75 Å². The van der Waals surface area contributed by atoms with Gasteiger partial charge in [-0.1, -0.05) is 72.3 Å². The predicted molar refractivity (Wildman–Crippen MR) is 203 cm³/mol. The van der Waals surface area contributed by atoms with E-state index in [2.05, 4.69) is 20.4 Å². The van der Waals surface area contributed by atoms with Crippen molar-refractivity contribution in [3.05, 3.63) is 124 Å². The fraction of sp³-hybridized carbons (Fsp3) is 0.325. The Morgan fingerprint density at radius 1 is 0.635 bits per heavy atom. The van der Waals surface area contributed by atoms with Gasteiger partial charge in [0.15, 0.2) is 0 Å². The topological polar surface area (TPSA) is 107 Å². The Labute approximate surface area is 310 Å². The third-order valence-corrected chi connectivity index (χ3v) is 9.58. The number of hydrogen-bond donors (Lipinski definition) is 2. The van der Waals surface area contributed by atoms with Gasteiger partial charge < -0.3 is 29.9 Å². The van der Waals surface area contributed by atoms with Crippen LogP contribution in [0.2, 0.25) is 5.02 Å². The van der Waals surface area contributed by atoms with Crippen LogP contribution in [0.4, 0.5) is 21.0 Å². The quantitative estimate of drug-likeness (QED) is 0.174. The van der Waals surface area contributed by atoms with E-state index in [0.29, 0.717) is 77.1 Å². The van der Waals surface area contributed by atoms with Crippen molar-refractivity contribution < 1.29 is 23.9 Å². The molecule has 2 saturated heterocycles. The maximum atomic E-state index is 13.0. The third kappa shape index (κ3) is 10.2. The van der Waals surface area contributed by atoms with Gasteiger partial charge in [-0.05, 0) is 47.5 Å². The standard InChI is InChI=1S/C40H45ClN6O5/c1-51-37(48)26-31-24-32(27-44-16-20-46(21-17-44)39(49)42-35-8-4-2-5-9-35)38(52-29-30-12-14-34(41)15-13-30)33(25-31)28-45-18-22-47(23-19-45)40(50)43-36-10-6-3-7-11-36/h2-15,24-25H,16-23,26-29H2,1H3,(H,42,49)(H,43,50). The predicted octanol–water partition coefficient (Wildman–Crippen LogP) is 6.33. The summed E-state index contributed by atoms with van der Waals surface area (Å²) in [5.41, 5.74) is 5.30. The fourth-order valence-corrected chi connectivity index (χ4v) is 6.60. The average Bonchev–Trinajstić information content (AvgIpc) is 3.16. The van der Waals surface area contributed by atoms with Crippen LogP contribution in [0.1, 0.15) is 22.3 Å². The van der Waals surface area contributed by atoms with E-state index < -0.39 is 0 Å². The number of halogens is 1. The number of amides is 4. The lowest BCUT2D eigenvalue weighted by Crippen LogP contribution is -2.49. The lowest BCUT2D eigenvalue weighted by Gasteiger charge is -2.36. The van der Waals surface area contributed by atoms with Crippen molar-refractivity contribution in [2.45, 2.75) is 26.1 Å². The molecule has 0 saturated carbocycles. The molecule has 12 heteroatoms. The van der Waals surface area contributed by atoms with Crippen LogP contribution in [0, 0.1) is 0 Å². The van der Waals surface area contributed by atoms with Gasteiger partial charge in [-0.15, -0.1) is 0 Å². The number of urea groups is 2. The zero-order chi connectivity index (χ0) is 36.3. The SMILES string of the molecule is COC(=O)Cc1cc(CN2CCN(C(=O)Nc3ccccc3)CC2)c(OCc2ccc(Cl)cc2)c(CN2CCN(C(=O)Nc3ccccc3)CC2)c1. The van der Waals surface area contributed by atoms with E-state index in [1.54, 1.807) is 0 Å². The molecule has 4 aromatic carbocycles. The normalized spacial score (nSPS) is 15.2. The molecule has 0 aromatic heterocycles. The molecule has 2 aliphatic rings. The molecule has 2 N–H and O–H groups in total. The molecule has 0 bridgehead atoms. The Hall–Kier alpha value is -5.10. The summed E-state index contributed by atoms with van der Waals surface area (Å²) >= 11 is 6.16. The second-order valence-corrected chi connectivity index (χ2v) is 13.5. The van der Waals surface area contributed by atoms with E-state index in [-0.39, 0.29) is 24.5 Å². The van der Waals surface area contributed by atoms with E-state index >= 15 is 0 Å². The van der Waals surface area contributed by atoms with Crippen LogP contribution >= 0.6 is 11.6 Å². The number of methoxy groups -OCH3 is 1. The largest absolute Gasteiger partial charge is 0.488 e. The molecule has 0 unspecified atom stereocenters. The van der Waals surface area contributed by atoms with E-state index in [9.17, 15) is 14.4 Å². The number of piperazine rings is 2. The second-order valence-electron chi connectivity index (χ2n) is 13.0. The first-order chi connectivity index (χ1) is 25.3. The highest BCUT2D eigenvalue weighted by molar-refractivity contribution is 6.30. The van der Waals surface area contributed by atoms with Crippen molar-refractivity contribution in [1.82, 2.24) is 19.6 Å². The maximum absolute atomic E-state index is 13.0. The van der Waals surface area contributed by atoms with Crippen molar-refractivity contribution >= 4 is 41.0 Å². The number of esters is 1. The molecule has 2 aliphatic heterocycles. The highest BCUT2D eigenvalue weighted by atomic mass is 35.5. The smallest absolute Gasteiger partial charge is 0.321 e. The minimum absolute atomic E-state index is 0.113. The summed E-state index contributed by atoms with van der Waals surface area (Å²) in [6, 6.07) is 30.4. The first-order valence-electron chi connectivity index (χ1n) is 17.6. The molecule has 272 valence electrons. The Bertz CT molecular complexity index is 1700. The Kier molecular flexibility index (Phi) is 12.6. The summed E-state index contributed by atoms with van der Waals surface area (Å²) in [5, 5.41) is 6.63. The third-order valence-electron chi connectivity index (χ3n) is 9.33. The zero-order valence-corrected chi connectivity index (χ0v) is 30.2. The van der Waals surface area contributed by atoms with Gasteiger partial charge in [0, 0.05) is 93.0 Å². The summed E-state index contributed by atoms with van der Waals surface area (Å²) < 4.78 is 11.7. The van der Waals surface area contributed by atoms with Crippen molar-refractivity contribution in [3.8, 4) is 5.75 Å². The molecule has 0 aliphatic carbocycles. The molecule has 52 heavy (non-hydrogen) atoms. The van der Waals surface area contributed by atoms with Gasteiger partial charge in [-0.3, -0.25) is 14.6 Å². The monoisotopic (exact) mass is 724 g/mol. The van der Waals surface area contributed by atoms with Crippen molar-refractivity contribution in [1.29, 1.82) is 0 Å². The lowest BCUT2D eigenvalue weighted by atomic mass is 10.00. The number of carbonyl (C=O) groups excluding carboxylic acids is 3. The van der Waals surface area contributed by atoms with E-state index in [1.165, 1.54) is 7.11 Å². The molecule has 0 radical (unpaired) electrons. The molecule has 0 spiro atoms. The van der Waals surface area contributed by atoms with Crippen LogP contribution < -0.4 is 15.4 Å². The summed E-state index contributed by atoms with van der Waals surface area (Å²) in [4.78, 5) is 46.7. The molecular formula is C40H45ClN6O5. The van der Waals surface area contributed by atoms with Crippen LogP contribution in [-0.2, 0) is 35.6 Å². The molecule has 11 nitrogen and oxygen atoms in total. The first-order valence-corrected chi connectivity index (χ1v) is 18.0. The number of benzene rings is 4. The van der Waals surface area contributed by atoms with Crippen LogP contribution in [0.25, 0.3) is 0 Å². The molecule has 4 amide bonds. The Morgan fingerprint density at radius 2 is 1.10 bits per heavy atom. The zero-order valence-electron chi connectivity index (χ0n) is 29.4. The van der Waals surface area contributed by atoms with Gasteiger partial charge in [0.1, 0.15) is 12.4 Å². The first kappa shape index (κ1) is 36.7. The lowest BCUT2D eigenvalue weighted by molar-refractivity contribution is -0.139. The van der Waals surface area contributed by atoms with Gasteiger partial charge in [-0.25, -0.2) is 9.59 Å². The van der Waals surface area contributed by atoms with Gasteiger partial charge in [0.05, 0.1) is 13.5 Å². The fourth-order valence-electron chi connectivity index (χ4n) is 6.47. The maximum Gasteiger partial charge on any atom is 0.321 e. The second kappa shape index (κ2) is 17.9. The molecular weight excluding hydrogens is 680 g/mol. The number of rotatable bonds is 11. The molecule has 0 atom stereocenters. The number of hydrogen-bond acceptors (Lipinski definition) is 7.